The highest BCUT2D eigenvalue weighted by Crippen LogP contribution is 2.20. The average Bonchev–Trinajstić information content (AvgIpc) is 2.72. The molecule has 0 bridgehead atoms. The van der Waals surface area contributed by atoms with Crippen LogP contribution in [-0.4, -0.2) is 46.3 Å². The van der Waals surface area contributed by atoms with E-state index in [1.165, 1.54) is 18.2 Å². The molecule has 2 amide bonds. The Morgan fingerprint density at radius 1 is 1.25 bits per heavy atom. The highest BCUT2D eigenvalue weighted by molar-refractivity contribution is 5.95. The van der Waals surface area contributed by atoms with Crippen molar-refractivity contribution in [2.45, 2.75) is 19.8 Å². The lowest BCUT2D eigenvalue weighted by molar-refractivity contribution is -0.385. The second-order valence-electron chi connectivity index (χ2n) is 6.95. The van der Waals surface area contributed by atoms with Gasteiger partial charge < -0.3 is 10.2 Å². The first-order chi connectivity index (χ1) is 13.5. The van der Waals surface area contributed by atoms with Crippen LogP contribution in [0.15, 0.2) is 42.7 Å². The van der Waals surface area contributed by atoms with Gasteiger partial charge in [0.1, 0.15) is 0 Å². The molecule has 28 heavy (non-hydrogen) atoms. The van der Waals surface area contributed by atoms with Gasteiger partial charge >= 0.3 is 0 Å². The number of aryl methyl sites for hydroxylation is 1. The van der Waals surface area contributed by atoms with E-state index in [-0.39, 0.29) is 17.5 Å². The maximum atomic E-state index is 12.4. The monoisotopic (exact) mass is 382 g/mol. The largest absolute Gasteiger partial charge is 0.352 e. The minimum Gasteiger partial charge on any atom is -0.352 e. The fraction of sp³-hybridized carbons (Fsp3) is 0.350. The number of benzene rings is 1. The van der Waals surface area contributed by atoms with Gasteiger partial charge in [0, 0.05) is 49.2 Å². The normalized spacial score (nSPS) is 14.5. The van der Waals surface area contributed by atoms with Crippen LogP contribution in [0.3, 0.4) is 0 Å². The Bertz CT molecular complexity index is 877. The third-order valence-corrected chi connectivity index (χ3v) is 5.02. The number of amides is 2. The number of piperidine rings is 1. The van der Waals surface area contributed by atoms with Crippen molar-refractivity contribution in [1.82, 2.24) is 15.2 Å². The molecule has 3 rings (SSSR count). The van der Waals surface area contributed by atoms with E-state index in [4.69, 9.17) is 0 Å². The third kappa shape index (κ3) is 4.51. The number of nitrogens with zero attached hydrogens (tertiary/aromatic N) is 3. The first-order valence-electron chi connectivity index (χ1n) is 9.18. The lowest BCUT2D eigenvalue weighted by Gasteiger charge is -2.32. The Morgan fingerprint density at radius 3 is 2.61 bits per heavy atom. The summed E-state index contributed by atoms with van der Waals surface area (Å²) in [6.07, 6.45) is 4.83. The standard InChI is InChI=1S/C20H22N4O4/c1-14-11-16(4-5-18(14)24(27)28)19(25)22-12-15-6-9-23(10-7-15)20(26)17-3-2-8-21-13-17/h2-5,8,11,13,15H,6-7,9-10,12H2,1H3,(H,22,25). The predicted molar refractivity (Wildman–Crippen MR) is 103 cm³/mol. The highest BCUT2D eigenvalue weighted by atomic mass is 16.6. The van der Waals surface area contributed by atoms with Crippen LogP contribution in [0.5, 0.6) is 0 Å². The Kier molecular flexibility index (Phi) is 5.98. The summed E-state index contributed by atoms with van der Waals surface area (Å²) in [5.74, 6) is 0.0323. The van der Waals surface area contributed by atoms with E-state index in [9.17, 15) is 19.7 Å². The van der Waals surface area contributed by atoms with Gasteiger partial charge in [0.15, 0.2) is 0 Å². The van der Waals surface area contributed by atoms with Gasteiger partial charge in [-0.25, -0.2) is 0 Å². The predicted octanol–water partition coefficient (Wildman–Crippen LogP) is 2.58. The van der Waals surface area contributed by atoms with Crippen LogP contribution >= 0.6 is 0 Å². The van der Waals surface area contributed by atoms with Crippen LogP contribution in [0.4, 0.5) is 5.69 Å². The maximum absolute atomic E-state index is 12.4. The minimum absolute atomic E-state index is 0.00204. The SMILES string of the molecule is Cc1cc(C(=O)NCC2CCN(C(=O)c3cccnc3)CC2)ccc1[N+](=O)[O-]. The molecule has 0 spiro atoms. The molecule has 1 saturated heterocycles. The molecule has 1 N–H and O–H groups in total. The molecule has 1 aromatic carbocycles. The van der Waals surface area contributed by atoms with Crippen molar-refractivity contribution >= 4 is 17.5 Å². The molecule has 1 aliphatic heterocycles. The van der Waals surface area contributed by atoms with Gasteiger partial charge in [-0.2, -0.15) is 0 Å². The smallest absolute Gasteiger partial charge is 0.272 e. The Morgan fingerprint density at radius 2 is 2.00 bits per heavy atom. The molecule has 2 heterocycles. The summed E-state index contributed by atoms with van der Waals surface area (Å²) >= 11 is 0. The molecular weight excluding hydrogens is 360 g/mol. The zero-order chi connectivity index (χ0) is 20.1. The number of rotatable bonds is 5. The molecule has 8 heteroatoms. The first kappa shape index (κ1) is 19.5. The summed E-state index contributed by atoms with van der Waals surface area (Å²) in [5, 5.41) is 13.8. The topological polar surface area (TPSA) is 105 Å². The molecule has 1 aliphatic rings. The number of aromatic nitrogens is 1. The Hall–Kier alpha value is -3.29. The van der Waals surface area contributed by atoms with E-state index >= 15 is 0 Å². The molecule has 146 valence electrons. The van der Waals surface area contributed by atoms with Gasteiger partial charge in [-0.15, -0.1) is 0 Å². The Labute approximate surface area is 162 Å². The molecule has 2 aromatic rings. The van der Waals surface area contributed by atoms with Gasteiger partial charge in [0.2, 0.25) is 0 Å². The number of carbonyl (C=O) groups excluding carboxylic acids is 2. The zero-order valence-corrected chi connectivity index (χ0v) is 15.6. The number of nitro groups is 1. The average molecular weight is 382 g/mol. The second-order valence-corrected chi connectivity index (χ2v) is 6.95. The Balaban J connectivity index is 1.49. The van der Waals surface area contributed by atoms with Crippen LogP contribution in [0.1, 0.15) is 39.1 Å². The van der Waals surface area contributed by atoms with E-state index in [1.54, 1.807) is 31.5 Å². The number of nitrogens with one attached hydrogen (secondary N) is 1. The van der Waals surface area contributed by atoms with E-state index in [2.05, 4.69) is 10.3 Å². The summed E-state index contributed by atoms with van der Waals surface area (Å²) in [6, 6.07) is 7.86. The number of pyridine rings is 1. The van der Waals surface area contributed by atoms with Crippen molar-refractivity contribution in [1.29, 1.82) is 0 Å². The van der Waals surface area contributed by atoms with Crippen molar-refractivity contribution in [3.8, 4) is 0 Å². The number of carbonyl (C=O) groups is 2. The van der Waals surface area contributed by atoms with Crippen LogP contribution in [-0.2, 0) is 0 Å². The number of hydrogen-bond donors (Lipinski definition) is 1. The molecule has 8 nitrogen and oxygen atoms in total. The van der Waals surface area contributed by atoms with Crippen LogP contribution < -0.4 is 5.32 Å². The van der Waals surface area contributed by atoms with Gasteiger partial charge in [-0.1, -0.05) is 0 Å². The van der Waals surface area contributed by atoms with Crippen molar-refractivity contribution in [2.24, 2.45) is 5.92 Å². The first-order valence-corrected chi connectivity index (χ1v) is 9.18. The lowest BCUT2D eigenvalue weighted by Crippen LogP contribution is -2.41. The summed E-state index contributed by atoms with van der Waals surface area (Å²) in [4.78, 5) is 41.0. The number of hydrogen-bond acceptors (Lipinski definition) is 5. The summed E-state index contributed by atoms with van der Waals surface area (Å²) in [5.41, 5.74) is 1.46. The van der Waals surface area contributed by atoms with Gasteiger partial charge in [-0.05, 0) is 49.9 Å². The maximum Gasteiger partial charge on any atom is 0.272 e. The van der Waals surface area contributed by atoms with Crippen LogP contribution in [0.2, 0.25) is 0 Å². The molecule has 1 aromatic heterocycles. The van der Waals surface area contributed by atoms with Gasteiger partial charge in [0.05, 0.1) is 10.5 Å². The van der Waals surface area contributed by atoms with Gasteiger partial charge in [0.25, 0.3) is 17.5 Å². The molecule has 0 aliphatic carbocycles. The van der Waals surface area contributed by atoms with Gasteiger partial charge in [-0.3, -0.25) is 24.7 Å². The molecule has 0 radical (unpaired) electrons. The van der Waals surface area contributed by atoms with Crippen molar-refractivity contribution in [3.05, 3.63) is 69.5 Å². The molecular formula is C20H22N4O4. The zero-order valence-electron chi connectivity index (χ0n) is 15.6. The molecule has 1 fully saturated rings. The fourth-order valence-corrected chi connectivity index (χ4v) is 3.35. The molecule has 0 unspecified atom stereocenters. The fourth-order valence-electron chi connectivity index (χ4n) is 3.35. The third-order valence-electron chi connectivity index (χ3n) is 5.02. The summed E-state index contributed by atoms with van der Waals surface area (Å²) in [7, 11) is 0. The molecule has 0 atom stereocenters. The minimum atomic E-state index is -0.461. The van der Waals surface area contributed by atoms with E-state index in [0.717, 1.165) is 12.8 Å². The number of nitro benzene ring substituents is 1. The van der Waals surface area contributed by atoms with E-state index in [0.29, 0.717) is 42.2 Å². The quantitative estimate of drug-likeness (QED) is 0.632. The van der Waals surface area contributed by atoms with Crippen LogP contribution in [0.25, 0.3) is 0 Å². The van der Waals surface area contributed by atoms with Crippen molar-refractivity contribution in [2.75, 3.05) is 19.6 Å². The van der Waals surface area contributed by atoms with E-state index < -0.39 is 4.92 Å². The second kappa shape index (κ2) is 8.60. The lowest BCUT2D eigenvalue weighted by atomic mass is 9.96. The van der Waals surface area contributed by atoms with Crippen LogP contribution in [0, 0.1) is 23.0 Å². The van der Waals surface area contributed by atoms with E-state index in [1.807, 2.05) is 4.90 Å². The van der Waals surface area contributed by atoms with Crippen molar-refractivity contribution < 1.29 is 14.5 Å². The molecule has 0 saturated carbocycles. The number of likely N-dealkylation sites (tertiary alicyclic amines) is 1. The summed E-state index contributed by atoms with van der Waals surface area (Å²) < 4.78 is 0. The van der Waals surface area contributed by atoms with Crippen molar-refractivity contribution in [3.63, 3.8) is 0 Å². The summed E-state index contributed by atoms with van der Waals surface area (Å²) in [6.45, 7) is 3.42. The highest BCUT2D eigenvalue weighted by Gasteiger charge is 2.24.